The van der Waals surface area contributed by atoms with Gasteiger partial charge < -0.3 is 0 Å². The van der Waals surface area contributed by atoms with Gasteiger partial charge in [-0.3, -0.25) is 0 Å². The molecule has 0 aromatic heterocycles. The first-order valence-corrected chi connectivity index (χ1v) is 6.13. The molecule has 0 unspecified atom stereocenters. The minimum Gasteiger partial charge on any atom is -0.0882 e. The Bertz CT molecular complexity index is 342. The smallest absolute Gasteiger partial charge is 0 e. The monoisotopic (exact) mass is 315 g/mol. The van der Waals surface area contributed by atoms with Crippen LogP contribution in [0.25, 0.3) is 0 Å². The van der Waals surface area contributed by atoms with Crippen LogP contribution in [-0.4, -0.2) is 25.8 Å². The molecule has 0 nitrogen and oxygen atoms in total. The van der Waals surface area contributed by atoms with Gasteiger partial charge in [0.15, 0.2) is 0 Å². The molecule has 0 fully saturated rings. The number of rotatable bonds is 2. The van der Waals surface area contributed by atoms with Gasteiger partial charge in [0.25, 0.3) is 0 Å². The molecule has 0 atom stereocenters. The summed E-state index contributed by atoms with van der Waals surface area (Å²) in [6, 6.07) is 0. The van der Waals surface area contributed by atoms with Gasteiger partial charge in [-0.1, -0.05) is 42.9 Å². The summed E-state index contributed by atoms with van der Waals surface area (Å²) in [5.41, 5.74) is 4.92. The van der Waals surface area contributed by atoms with Crippen LogP contribution in [0.15, 0.2) is 47.1 Å². The quantitative estimate of drug-likeness (QED) is 0.666. The minimum atomic E-state index is 0. The minimum absolute atomic E-state index is 0. The van der Waals surface area contributed by atoms with E-state index in [1.165, 1.54) is 32.1 Å². The predicted molar refractivity (Wildman–Crippen MR) is 72.5 cm³/mol. The molecule has 0 N–H and O–H groups in total. The SMILES string of the molecule is CC/C1=C(\C2=CC=CC2)CC/C=C\CC1.[In]. The molecule has 0 aromatic rings. The zero-order valence-corrected chi connectivity index (χ0v) is 13.5. The summed E-state index contributed by atoms with van der Waals surface area (Å²) in [4.78, 5) is 0. The van der Waals surface area contributed by atoms with Crippen LogP contribution in [0.5, 0.6) is 0 Å². The van der Waals surface area contributed by atoms with Crippen LogP contribution in [0.2, 0.25) is 0 Å². The van der Waals surface area contributed by atoms with Crippen molar-refractivity contribution < 1.29 is 0 Å². The van der Waals surface area contributed by atoms with Gasteiger partial charge in [-0.05, 0) is 49.7 Å². The summed E-state index contributed by atoms with van der Waals surface area (Å²) < 4.78 is 0. The van der Waals surface area contributed by atoms with E-state index >= 15 is 0 Å². The molecule has 0 saturated carbocycles. The Kier molecular flexibility index (Phi) is 6.26. The van der Waals surface area contributed by atoms with Crippen LogP contribution in [0.3, 0.4) is 0 Å². The second-order valence-corrected chi connectivity index (χ2v) is 4.31. The molecule has 0 heterocycles. The number of hydrogen-bond donors (Lipinski definition) is 0. The van der Waals surface area contributed by atoms with Gasteiger partial charge in [0, 0.05) is 25.8 Å². The van der Waals surface area contributed by atoms with Gasteiger partial charge in [-0.2, -0.15) is 0 Å². The van der Waals surface area contributed by atoms with E-state index in [4.69, 9.17) is 0 Å². The second-order valence-electron chi connectivity index (χ2n) is 4.31. The van der Waals surface area contributed by atoms with Crippen molar-refractivity contribution in [3.8, 4) is 0 Å². The maximum atomic E-state index is 2.34. The van der Waals surface area contributed by atoms with Crippen molar-refractivity contribution in [2.24, 2.45) is 0 Å². The van der Waals surface area contributed by atoms with Gasteiger partial charge in [0.2, 0.25) is 0 Å². The van der Waals surface area contributed by atoms with Crippen molar-refractivity contribution in [2.45, 2.75) is 45.4 Å². The van der Waals surface area contributed by atoms with Crippen LogP contribution >= 0.6 is 0 Å². The second kappa shape index (κ2) is 7.21. The number of allylic oxidation sites excluding steroid dienone is 8. The molecule has 0 aromatic carbocycles. The maximum absolute atomic E-state index is 2.34. The van der Waals surface area contributed by atoms with E-state index in [1.807, 2.05) is 0 Å². The Labute approximate surface area is 118 Å². The van der Waals surface area contributed by atoms with E-state index in [0.29, 0.717) is 0 Å². The van der Waals surface area contributed by atoms with E-state index in [1.54, 1.807) is 16.7 Å². The Morgan fingerprint density at radius 3 is 2.44 bits per heavy atom. The summed E-state index contributed by atoms with van der Waals surface area (Å²) in [6.07, 6.45) is 18.8. The summed E-state index contributed by atoms with van der Waals surface area (Å²) in [7, 11) is 0. The van der Waals surface area contributed by atoms with Crippen molar-refractivity contribution in [1.29, 1.82) is 0 Å². The van der Waals surface area contributed by atoms with Crippen molar-refractivity contribution in [3.05, 3.63) is 47.1 Å². The summed E-state index contributed by atoms with van der Waals surface area (Å²) in [5.74, 6) is 0. The molecular formula is C15H20In. The Balaban J connectivity index is 0.00000128. The average molecular weight is 315 g/mol. The average Bonchev–Trinajstić information content (AvgIpc) is 2.71. The molecule has 16 heavy (non-hydrogen) atoms. The van der Waals surface area contributed by atoms with E-state index in [2.05, 4.69) is 37.3 Å². The summed E-state index contributed by atoms with van der Waals surface area (Å²) >= 11 is 0. The van der Waals surface area contributed by atoms with Crippen molar-refractivity contribution in [2.75, 3.05) is 0 Å². The molecule has 83 valence electrons. The van der Waals surface area contributed by atoms with E-state index < -0.39 is 0 Å². The van der Waals surface area contributed by atoms with Gasteiger partial charge in [-0.15, -0.1) is 0 Å². The first-order valence-electron chi connectivity index (χ1n) is 6.13. The van der Waals surface area contributed by atoms with Gasteiger partial charge in [0.1, 0.15) is 0 Å². The zero-order chi connectivity index (χ0) is 10.5. The summed E-state index contributed by atoms with van der Waals surface area (Å²) in [6.45, 7) is 2.30. The van der Waals surface area contributed by atoms with Crippen LogP contribution in [0.4, 0.5) is 0 Å². The number of hydrogen-bond acceptors (Lipinski definition) is 0. The molecule has 0 spiro atoms. The maximum Gasteiger partial charge on any atom is 0 e. The van der Waals surface area contributed by atoms with E-state index in [9.17, 15) is 0 Å². The molecule has 0 aliphatic heterocycles. The standard InChI is InChI=1S/C15H20.In/c1-2-13-9-5-3-4-6-12-15(13)14-10-7-8-11-14;/h3-4,7-8,10H,2,5-6,9,11-12H2,1H3;/b4-3-,15-13+;. The molecular weight excluding hydrogens is 295 g/mol. The van der Waals surface area contributed by atoms with Gasteiger partial charge >= 0.3 is 0 Å². The van der Waals surface area contributed by atoms with Crippen LogP contribution in [0, 0.1) is 0 Å². The fourth-order valence-electron chi connectivity index (χ4n) is 2.50. The molecule has 2 aliphatic rings. The Morgan fingerprint density at radius 1 is 1.06 bits per heavy atom. The van der Waals surface area contributed by atoms with Crippen molar-refractivity contribution in [3.63, 3.8) is 0 Å². The Hall–Kier alpha value is -0.170. The molecule has 3 radical (unpaired) electrons. The molecule has 1 heteroatoms. The topological polar surface area (TPSA) is 0 Å². The summed E-state index contributed by atoms with van der Waals surface area (Å²) in [5, 5.41) is 0. The van der Waals surface area contributed by atoms with Crippen molar-refractivity contribution in [1.82, 2.24) is 0 Å². The zero-order valence-electron chi connectivity index (χ0n) is 10.2. The van der Waals surface area contributed by atoms with Gasteiger partial charge in [0.05, 0.1) is 0 Å². The normalized spacial score (nSPS) is 26.7. The first-order chi connectivity index (χ1) is 7.42. The third-order valence-corrected chi connectivity index (χ3v) is 3.35. The van der Waals surface area contributed by atoms with E-state index in [0.717, 1.165) is 6.42 Å². The van der Waals surface area contributed by atoms with Gasteiger partial charge in [-0.25, -0.2) is 0 Å². The molecule has 0 amide bonds. The van der Waals surface area contributed by atoms with Crippen molar-refractivity contribution >= 4 is 25.8 Å². The fourth-order valence-corrected chi connectivity index (χ4v) is 2.50. The predicted octanol–water partition coefficient (Wildman–Crippen LogP) is 4.33. The third-order valence-electron chi connectivity index (χ3n) is 3.35. The van der Waals surface area contributed by atoms with E-state index in [-0.39, 0.29) is 25.8 Å². The largest absolute Gasteiger partial charge is 0.0882 e. The third kappa shape index (κ3) is 3.41. The molecule has 2 rings (SSSR count). The van der Waals surface area contributed by atoms with Crippen LogP contribution in [0.1, 0.15) is 45.4 Å². The Morgan fingerprint density at radius 2 is 1.81 bits per heavy atom. The van der Waals surface area contributed by atoms with Crippen LogP contribution < -0.4 is 0 Å². The molecule has 2 aliphatic carbocycles. The first kappa shape index (κ1) is 13.9. The fraction of sp³-hybridized carbons (Fsp3) is 0.467. The molecule has 0 saturated heterocycles. The van der Waals surface area contributed by atoms with Crippen LogP contribution in [-0.2, 0) is 0 Å². The molecule has 0 bridgehead atoms.